The zero-order valence-corrected chi connectivity index (χ0v) is 26.0. The molecule has 7 aromatic carbocycles. The van der Waals surface area contributed by atoms with Crippen molar-refractivity contribution in [2.75, 3.05) is 0 Å². The van der Waals surface area contributed by atoms with Crippen LogP contribution >= 0.6 is 11.3 Å². The Labute approximate surface area is 274 Å². The highest BCUT2D eigenvalue weighted by atomic mass is 32.1. The summed E-state index contributed by atoms with van der Waals surface area (Å²) in [6, 6.07) is 56.6. The van der Waals surface area contributed by atoms with Gasteiger partial charge in [0, 0.05) is 53.8 Å². The lowest BCUT2D eigenvalue weighted by atomic mass is 9.99. The minimum atomic E-state index is 0.684. The predicted molar refractivity (Wildman–Crippen MR) is 198 cm³/mol. The van der Waals surface area contributed by atoms with Crippen LogP contribution in [0, 0.1) is 11.3 Å². The van der Waals surface area contributed by atoms with E-state index >= 15 is 0 Å². The molecule has 0 atom stereocenters. The van der Waals surface area contributed by atoms with Crippen molar-refractivity contribution in [1.29, 1.82) is 5.26 Å². The number of thiophene rings is 1. The van der Waals surface area contributed by atoms with Crippen LogP contribution in [-0.2, 0) is 0 Å². The quantitative estimate of drug-likeness (QED) is 0.195. The fraction of sp³-hybridized carbons (Fsp3) is 0. The van der Waals surface area contributed by atoms with Gasteiger partial charge in [-0.05, 0) is 48.5 Å². The minimum absolute atomic E-state index is 0.684. The van der Waals surface area contributed by atoms with E-state index in [9.17, 15) is 5.26 Å². The van der Waals surface area contributed by atoms with Gasteiger partial charge >= 0.3 is 0 Å². The number of benzene rings is 7. The molecule has 0 amide bonds. The summed E-state index contributed by atoms with van der Waals surface area (Å²) in [6.07, 6.45) is 0. The predicted octanol–water partition coefficient (Wildman–Crippen LogP) is 11.8. The van der Waals surface area contributed by atoms with Gasteiger partial charge in [0.1, 0.15) is 0 Å². The normalized spacial score (nSPS) is 11.8. The number of nitriles is 1. The summed E-state index contributed by atoms with van der Waals surface area (Å²) in [5.41, 5.74) is 10.1. The van der Waals surface area contributed by atoms with E-state index in [1.165, 1.54) is 69.5 Å². The summed E-state index contributed by atoms with van der Waals surface area (Å²) in [5.74, 6) is 0. The highest BCUT2D eigenvalue weighted by Crippen LogP contribution is 2.45. The zero-order valence-electron chi connectivity index (χ0n) is 25.2. The molecule has 0 aliphatic heterocycles. The number of fused-ring (bicyclic) bond motifs is 9. The molecule has 0 saturated carbocycles. The maximum atomic E-state index is 9.65. The summed E-state index contributed by atoms with van der Waals surface area (Å²) in [4.78, 5) is 0. The topological polar surface area (TPSA) is 33.6 Å². The molecule has 0 radical (unpaired) electrons. The Bertz CT molecular complexity index is 2910. The summed E-state index contributed by atoms with van der Waals surface area (Å²) < 4.78 is 7.29. The molecule has 4 heteroatoms. The number of aromatic nitrogens is 2. The van der Waals surface area contributed by atoms with Crippen LogP contribution in [0.25, 0.3) is 86.3 Å². The van der Waals surface area contributed by atoms with E-state index in [1.54, 1.807) is 11.3 Å². The SMILES string of the molecule is N#Cc1ccc2sc3c(-n4c5ccccc5c5cccc(-c6cccc7c8ccccc8n(-c8ccccc8)c67)c54)cccc3c2c1. The van der Waals surface area contributed by atoms with Crippen molar-refractivity contribution < 1.29 is 0 Å². The van der Waals surface area contributed by atoms with Gasteiger partial charge in [0.15, 0.2) is 0 Å². The molecule has 0 fully saturated rings. The van der Waals surface area contributed by atoms with Crippen LogP contribution < -0.4 is 0 Å². The van der Waals surface area contributed by atoms with E-state index in [4.69, 9.17) is 0 Å². The minimum Gasteiger partial charge on any atom is -0.309 e. The highest BCUT2D eigenvalue weighted by Gasteiger charge is 2.22. The van der Waals surface area contributed by atoms with Crippen molar-refractivity contribution in [3.05, 3.63) is 157 Å². The van der Waals surface area contributed by atoms with Gasteiger partial charge in [-0.1, -0.05) is 103 Å². The Kier molecular flexibility index (Phi) is 5.51. The molecule has 0 N–H and O–H groups in total. The van der Waals surface area contributed by atoms with Gasteiger partial charge < -0.3 is 9.13 Å². The average Bonchev–Trinajstić information content (AvgIpc) is 3.79. The van der Waals surface area contributed by atoms with Crippen molar-refractivity contribution in [1.82, 2.24) is 9.13 Å². The maximum Gasteiger partial charge on any atom is 0.0991 e. The lowest BCUT2D eigenvalue weighted by Crippen LogP contribution is -1.98. The van der Waals surface area contributed by atoms with Crippen molar-refractivity contribution in [2.24, 2.45) is 0 Å². The number of hydrogen-bond acceptors (Lipinski definition) is 2. The van der Waals surface area contributed by atoms with Crippen LogP contribution in [0.2, 0.25) is 0 Å². The number of para-hydroxylation sites is 5. The van der Waals surface area contributed by atoms with Gasteiger partial charge in [0.2, 0.25) is 0 Å². The van der Waals surface area contributed by atoms with Crippen LogP contribution in [-0.4, -0.2) is 9.13 Å². The van der Waals surface area contributed by atoms with E-state index in [-0.39, 0.29) is 0 Å². The Morgan fingerprint density at radius 3 is 1.74 bits per heavy atom. The van der Waals surface area contributed by atoms with Gasteiger partial charge in [0.25, 0.3) is 0 Å². The molecule has 0 spiro atoms. The van der Waals surface area contributed by atoms with E-state index in [1.807, 2.05) is 12.1 Å². The molecule has 0 unspecified atom stereocenters. The lowest BCUT2D eigenvalue weighted by Gasteiger charge is -2.15. The van der Waals surface area contributed by atoms with Gasteiger partial charge in [-0.15, -0.1) is 11.3 Å². The molecule has 10 aromatic rings. The first-order valence-corrected chi connectivity index (χ1v) is 16.6. The summed E-state index contributed by atoms with van der Waals surface area (Å²) >= 11 is 1.80. The molecule has 47 heavy (non-hydrogen) atoms. The van der Waals surface area contributed by atoms with Gasteiger partial charge in [-0.2, -0.15) is 5.26 Å². The van der Waals surface area contributed by atoms with E-state index < -0.39 is 0 Å². The van der Waals surface area contributed by atoms with E-state index in [2.05, 4.69) is 155 Å². The first kappa shape index (κ1) is 26.1. The van der Waals surface area contributed by atoms with Crippen molar-refractivity contribution in [3.63, 3.8) is 0 Å². The smallest absolute Gasteiger partial charge is 0.0991 e. The summed E-state index contributed by atoms with van der Waals surface area (Å²) in [7, 11) is 0. The second-order valence-corrected chi connectivity index (χ2v) is 13.1. The highest BCUT2D eigenvalue weighted by molar-refractivity contribution is 7.26. The Morgan fingerprint density at radius 2 is 1.04 bits per heavy atom. The number of rotatable bonds is 3. The first-order valence-electron chi connectivity index (χ1n) is 15.8. The van der Waals surface area contributed by atoms with Crippen LogP contribution in [0.15, 0.2) is 152 Å². The first-order chi connectivity index (χ1) is 23.3. The molecule has 3 heterocycles. The number of nitrogens with zero attached hydrogens (tertiary/aromatic N) is 3. The van der Waals surface area contributed by atoms with Crippen LogP contribution in [0.1, 0.15) is 5.56 Å². The zero-order chi connectivity index (χ0) is 31.1. The van der Waals surface area contributed by atoms with Gasteiger partial charge in [-0.3, -0.25) is 0 Å². The lowest BCUT2D eigenvalue weighted by molar-refractivity contribution is 1.18. The molecule has 0 aliphatic rings. The average molecular weight is 616 g/mol. The molecule has 3 nitrogen and oxygen atoms in total. The Hall–Kier alpha value is -6.15. The maximum absolute atomic E-state index is 9.65. The molecular weight excluding hydrogens is 591 g/mol. The van der Waals surface area contributed by atoms with Crippen molar-refractivity contribution >= 4 is 75.1 Å². The van der Waals surface area contributed by atoms with Gasteiger partial charge in [0.05, 0.1) is 44.1 Å². The van der Waals surface area contributed by atoms with E-state index in [0.29, 0.717) is 5.56 Å². The fourth-order valence-electron chi connectivity index (χ4n) is 7.60. The van der Waals surface area contributed by atoms with E-state index in [0.717, 1.165) is 16.8 Å². The molecule has 0 bridgehead atoms. The Morgan fingerprint density at radius 1 is 0.468 bits per heavy atom. The summed E-state index contributed by atoms with van der Waals surface area (Å²) in [6.45, 7) is 0. The standard InChI is InChI=1S/C43H25N3S/c44-26-27-23-24-40-36(25-27)35-19-10-22-39(43(35)47-40)46-38-21-7-5-14-30(38)32-16-9-18-34(42(32)46)33-17-8-15-31-29-13-4-6-20-37(29)45(41(31)33)28-11-2-1-3-12-28/h1-25H. The van der Waals surface area contributed by atoms with Crippen LogP contribution in [0.3, 0.4) is 0 Å². The largest absolute Gasteiger partial charge is 0.309 e. The molecular formula is C43H25N3S. The van der Waals surface area contributed by atoms with Crippen LogP contribution in [0.5, 0.6) is 0 Å². The molecule has 0 aliphatic carbocycles. The second kappa shape index (κ2) is 9.92. The summed E-state index contributed by atoms with van der Waals surface area (Å²) in [5, 5.41) is 16.9. The van der Waals surface area contributed by atoms with Crippen molar-refractivity contribution in [2.45, 2.75) is 0 Å². The second-order valence-electron chi connectivity index (χ2n) is 12.0. The molecule has 3 aromatic heterocycles. The third kappa shape index (κ3) is 3.66. The molecule has 218 valence electrons. The third-order valence-corrected chi connectivity index (χ3v) is 10.7. The molecule has 0 saturated heterocycles. The van der Waals surface area contributed by atoms with Crippen LogP contribution in [0.4, 0.5) is 0 Å². The molecule has 10 rings (SSSR count). The van der Waals surface area contributed by atoms with Crippen molar-refractivity contribution in [3.8, 4) is 28.6 Å². The van der Waals surface area contributed by atoms with Gasteiger partial charge in [-0.25, -0.2) is 0 Å². The Balaban J connectivity index is 1.37. The third-order valence-electron chi connectivity index (χ3n) is 9.54. The number of hydrogen-bond donors (Lipinski definition) is 0. The fourth-order valence-corrected chi connectivity index (χ4v) is 8.78. The monoisotopic (exact) mass is 615 g/mol.